The molecule has 4 heteroatoms. The van der Waals surface area contributed by atoms with Gasteiger partial charge in [0.1, 0.15) is 0 Å². The van der Waals surface area contributed by atoms with Crippen molar-refractivity contribution in [1.82, 2.24) is 4.90 Å². The molecule has 0 amide bonds. The highest BCUT2D eigenvalue weighted by Gasteiger charge is 2.36. The van der Waals surface area contributed by atoms with Gasteiger partial charge < -0.3 is 4.90 Å². The Kier molecular flexibility index (Phi) is 4.63. The van der Waals surface area contributed by atoms with Gasteiger partial charge in [0.15, 0.2) is 9.84 Å². The molecule has 3 nitrogen and oxygen atoms in total. The average molecular weight is 281 g/mol. The van der Waals surface area contributed by atoms with Crippen LogP contribution in [0.5, 0.6) is 0 Å². The van der Waals surface area contributed by atoms with Crippen LogP contribution in [-0.4, -0.2) is 44.5 Å². The highest BCUT2D eigenvalue weighted by molar-refractivity contribution is 7.91. The van der Waals surface area contributed by atoms with E-state index in [0.29, 0.717) is 6.54 Å². The molecule has 1 saturated heterocycles. The first-order valence-corrected chi connectivity index (χ1v) is 8.94. The molecule has 1 aromatic rings. The van der Waals surface area contributed by atoms with Crippen LogP contribution in [0.2, 0.25) is 0 Å². The van der Waals surface area contributed by atoms with Gasteiger partial charge in [0.05, 0.1) is 5.25 Å². The van der Waals surface area contributed by atoms with Crippen molar-refractivity contribution in [2.75, 3.05) is 25.9 Å². The number of likely N-dealkylation sites (tertiary alicyclic amines) is 1. The van der Waals surface area contributed by atoms with E-state index in [9.17, 15) is 8.42 Å². The lowest BCUT2D eigenvalue weighted by molar-refractivity contribution is 0.215. The molecule has 1 aliphatic rings. The number of hydrogen-bond donors (Lipinski definition) is 0. The number of nitrogens with zero attached hydrogens (tertiary/aromatic N) is 1. The molecule has 0 bridgehead atoms. The van der Waals surface area contributed by atoms with Crippen LogP contribution in [0.3, 0.4) is 0 Å². The molecule has 1 aromatic carbocycles. The molecule has 0 spiro atoms. The average Bonchev–Trinajstić information content (AvgIpc) is 2.39. The highest BCUT2D eigenvalue weighted by Crippen LogP contribution is 2.32. The molecule has 19 heavy (non-hydrogen) atoms. The van der Waals surface area contributed by atoms with E-state index in [2.05, 4.69) is 24.0 Å². The summed E-state index contributed by atoms with van der Waals surface area (Å²) in [6.45, 7) is 4.80. The van der Waals surface area contributed by atoms with E-state index in [1.807, 2.05) is 18.2 Å². The van der Waals surface area contributed by atoms with Gasteiger partial charge >= 0.3 is 0 Å². The minimum Gasteiger partial charge on any atom is -0.302 e. The van der Waals surface area contributed by atoms with Crippen LogP contribution in [0.1, 0.15) is 31.2 Å². The van der Waals surface area contributed by atoms with Gasteiger partial charge in [-0.25, -0.2) is 8.42 Å². The van der Waals surface area contributed by atoms with E-state index in [-0.39, 0.29) is 11.2 Å². The Balaban J connectivity index is 2.24. The van der Waals surface area contributed by atoms with Crippen molar-refractivity contribution in [2.24, 2.45) is 0 Å². The minimum atomic E-state index is -3.02. The molecule has 1 heterocycles. The molecular weight excluding hydrogens is 258 g/mol. The zero-order chi connectivity index (χ0) is 13.9. The van der Waals surface area contributed by atoms with Crippen LogP contribution >= 0.6 is 0 Å². The van der Waals surface area contributed by atoms with Crippen molar-refractivity contribution in [1.29, 1.82) is 0 Å². The Labute approximate surface area is 116 Å². The monoisotopic (exact) mass is 281 g/mol. The van der Waals surface area contributed by atoms with Gasteiger partial charge in [-0.15, -0.1) is 0 Å². The van der Waals surface area contributed by atoms with E-state index >= 15 is 0 Å². The van der Waals surface area contributed by atoms with Crippen molar-refractivity contribution in [2.45, 2.75) is 30.9 Å². The summed E-state index contributed by atoms with van der Waals surface area (Å²) in [7, 11) is -3.02. The lowest BCUT2D eigenvalue weighted by atomic mass is 9.89. The summed E-state index contributed by atoms with van der Waals surface area (Å²) in [4.78, 5) is 2.28. The van der Waals surface area contributed by atoms with Gasteiger partial charge in [-0.05, 0) is 31.5 Å². The fraction of sp³-hybridized carbons (Fsp3) is 0.600. The second-order valence-electron chi connectivity index (χ2n) is 5.47. The molecule has 1 fully saturated rings. The predicted molar refractivity (Wildman–Crippen MR) is 79.2 cm³/mol. The van der Waals surface area contributed by atoms with Crippen LogP contribution in [0.25, 0.3) is 0 Å². The first-order valence-electron chi connectivity index (χ1n) is 6.98. The Morgan fingerprint density at radius 1 is 1.26 bits per heavy atom. The lowest BCUT2D eigenvalue weighted by Crippen LogP contribution is -2.46. The Morgan fingerprint density at radius 3 is 2.53 bits per heavy atom. The molecule has 106 valence electrons. The van der Waals surface area contributed by atoms with Crippen LogP contribution in [0.15, 0.2) is 30.3 Å². The summed E-state index contributed by atoms with van der Waals surface area (Å²) in [6, 6.07) is 10.1. The second kappa shape index (κ2) is 6.06. The standard InChI is InChI=1S/C15H23NO2S/c1-3-10-16-11-9-14(13-7-5-4-6-8-13)15(12-16)19(2,17)18/h4-8,14-15H,3,9-12H2,1-2H3/t14-,15+/m0/s1. The van der Waals surface area contributed by atoms with E-state index in [4.69, 9.17) is 0 Å². The van der Waals surface area contributed by atoms with E-state index < -0.39 is 9.84 Å². The summed E-state index contributed by atoms with van der Waals surface area (Å²) in [5, 5.41) is -0.268. The summed E-state index contributed by atoms with van der Waals surface area (Å²) in [5.41, 5.74) is 1.16. The fourth-order valence-corrected chi connectivity index (χ4v) is 4.39. The molecule has 0 aromatic heterocycles. The van der Waals surface area contributed by atoms with Gasteiger partial charge in [-0.1, -0.05) is 37.3 Å². The van der Waals surface area contributed by atoms with E-state index in [1.165, 1.54) is 6.26 Å². The quantitative estimate of drug-likeness (QED) is 0.850. The third kappa shape index (κ3) is 3.57. The molecule has 0 N–H and O–H groups in total. The number of hydrogen-bond acceptors (Lipinski definition) is 3. The molecule has 2 atom stereocenters. The Morgan fingerprint density at radius 2 is 1.95 bits per heavy atom. The first-order chi connectivity index (χ1) is 9.02. The smallest absolute Gasteiger partial charge is 0.152 e. The predicted octanol–water partition coefficient (Wildman–Crippen LogP) is 2.30. The van der Waals surface area contributed by atoms with Crippen molar-refractivity contribution >= 4 is 9.84 Å². The highest BCUT2D eigenvalue weighted by atomic mass is 32.2. The summed E-state index contributed by atoms with van der Waals surface area (Å²) in [6.07, 6.45) is 3.39. The first kappa shape index (κ1) is 14.5. The molecule has 2 rings (SSSR count). The number of piperidine rings is 1. The molecule has 0 aliphatic carbocycles. The van der Waals surface area contributed by atoms with Gasteiger partial charge in [-0.2, -0.15) is 0 Å². The second-order valence-corrected chi connectivity index (χ2v) is 7.74. The fourth-order valence-electron chi connectivity index (χ4n) is 3.02. The van der Waals surface area contributed by atoms with Gasteiger partial charge in [0, 0.05) is 18.7 Å². The lowest BCUT2D eigenvalue weighted by Gasteiger charge is -2.37. The van der Waals surface area contributed by atoms with Crippen LogP contribution in [0, 0.1) is 0 Å². The maximum atomic E-state index is 12.1. The Bertz CT molecular complexity index is 498. The molecule has 0 radical (unpaired) electrons. The molecular formula is C15H23NO2S. The third-order valence-corrected chi connectivity index (χ3v) is 5.54. The minimum absolute atomic E-state index is 0.143. The summed E-state index contributed by atoms with van der Waals surface area (Å²) in [5.74, 6) is 0.143. The SMILES string of the molecule is CCCN1CC[C@@H](c2ccccc2)[C@H](S(C)(=O)=O)C1. The molecule has 1 aliphatic heterocycles. The van der Waals surface area contributed by atoms with E-state index in [1.54, 1.807) is 0 Å². The van der Waals surface area contributed by atoms with Crippen LogP contribution in [-0.2, 0) is 9.84 Å². The van der Waals surface area contributed by atoms with Gasteiger partial charge in [-0.3, -0.25) is 0 Å². The molecule has 0 unspecified atom stereocenters. The number of sulfone groups is 1. The van der Waals surface area contributed by atoms with E-state index in [0.717, 1.165) is 31.5 Å². The normalized spacial score (nSPS) is 25.4. The zero-order valence-electron chi connectivity index (χ0n) is 11.7. The van der Waals surface area contributed by atoms with Crippen molar-refractivity contribution in [3.8, 4) is 0 Å². The van der Waals surface area contributed by atoms with Crippen molar-refractivity contribution in [3.63, 3.8) is 0 Å². The topological polar surface area (TPSA) is 37.4 Å². The van der Waals surface area contributed by atoms with Crippen molar-refractivity contribution < 1.29 is 8.42 Å². The van der Waals surface area contributed by atoms with Crippen molar-refractivity contribution in [3.05, 3.63) is 35.9 Å². The van der Waals surface area contributed by atoms with Crippen LogP contribution < -0.4 is 0 Å². The Hall–Kier alpha value is -0.870. The number of benzene rings is 1. The number of rotatable bonds is 4. The maximum absolute atomic E-state index is 12.1. The zero-order valence-corrected chi connectivity index (χ0v) is 12.6. The van der Waals surface area contributed by atoms with Gasteiger partial charge in [0.2, 0.25) is 0 Å². The summed E-state index contributed by atoms with van der Waals surface area (Å²) < 4.78 is 24.2. The summed E-state index contributed by atoms with van der Waals surface area (Å²) >= 11 is 0. The van der Waals surface area contributed by atoms with Crippen LogP contribution in [0.4, 0.5) is 0 Å². The van der Waals surface area contributed by atoms with Gasteiger partial charge in [0.25, 0.3) is 0 Å². The largest absolute Gasteiger partial charge is 0.302 e. The molecule has 0 saturated carbocycles. The third-order valence-electron chi connectivity index (χ3n) is 3.96. The maximum Gasteiger partial charge on any atom is 0.152 e.